The molecule has 58 valence electrons. The molecule has 0 amide bonds. The van der Waals surface area contributed by atoms with Gasteiger partial charge in [-0.2, -0.15) is 0 Å². The van der Waals surface area contributed by atoms with Crippen molar-refractivity contribution in [1.29, 1.82) is 0 Å². The summed E-state index contributed by atoms with van der Waals surface area (Å²) >= 11 is 1.56. The molecule has 1 heterocycles. The lowest BCUT2D eigenvalue weighted by molar-refractivity contribution is 0.420. The van der Waals surface area contributed by atoms with E-state index >= 15 is 0 Å². The Morgan fingerprint density at radius 1 is 1.42 bits per heavy atom. The maximum atomic E-state index is 5.68. The summed E-state index contributed by atoms with van der Waals surface area (Å²) in [4.78, 5) is 0. The highest BCUT2D eigenvalue weighted by Crippen LogP contribution is 2.28. The van der Waals surface area contributed by atoms with Crippen molar-refractivity contribution in [2.75, 3.05) is 7.11 Å². The first-order valence-electron chi connectivity index (χ1n) is 3.63. The van der Waals surface area contributed by atoms with Crippen molar-refractivity contribution in [3.05, 3.63) is 24.3 Å². The average Bonchev–Trinajstić information content (AvgIpc) is 2.44. The average molecular weight is 174 g/mol. The summed E-state index contributed by atoms with van der Waals surface area (Å²) in [6, 6.07) is 7.90. The zero-order valence-electron chi connectivity index (χ0n) is 6.70. The molecule has 3 heteroatoms. The summed E-state index contributed by atoms with van der Waals surface area (Å²) in [5, 5.41) is 1.15. The van der Waals surface area contributed by atoms with Crippen LogP contribution in [0.1, 0.15) is 0 Å². The Balaban J connectivity index is 2.78. The maximum Gasteiger partial charge on any atom is 0.136 e. The van der Waals surface area contributed by atoms with Crippen molar-refractivity contribution >= 4 is 34.0 Å². The van der Waals surface area contributed by atoms with Crippen molar-refractivity contribution in [3.63, 3.8) is 0 Å². The van der Waals surface area contributed by atoms with Crippen LogP contribution in [-0.2, 0) is 0 Å². The molecule has 2 aromatic rings. The quantitative estimate of drug-likeness (QED) is 0.598. The maximum absolute atomic E-state index is 5.68. The van der Waals surface area contributed by atoms with Gasteiger partial charge >= 0.3 is 0 Å². The molecule has 0 unspecified atom stereocenters. The Morgan fingerprint density at radius 3 is 3.00 bits per heavy atom. The van der Waals surface area contributed by atoms with Crippen LogP contribution < -0.4 is 9.51 Å². The van der Waals surface area contributed by atoms with Crippen LogP contribution in [0, 0.1) is 0 Å². The normalized spacial score (nSPS) is 10.4. The van der Waals surface area contributed by atoms with E-state index < -0.39 is 0 Å². The molecule has 2 rings (SSSR count). The van der Waals surface area contributed by atoms with Crippen LogP contribution in [0.5, 0.6) is 5.75 Å². The molecule has 0 N–H and O–H groups in total. The van der Waals surface area contributed by atoms with Crippen LogP contribution >= 0.6 is 11.3 Å². The van der Waals surface area contributed by atoms with Gasteiger partial charge in [0.25, 0.3) is 0 Å². The molecule has 0 saturated carbocycles. The predicted octanol–water partition coefficient (Wildman–Crippen LogP) is 1.70. The van der Waals surface area contributed by atoms with E-state index in [9.17, 15) is 0 Å². The van der Waals surface area contributed by atoms with Gasteiger partial charge < -0.3 is 4.74 Å². The molecule has 0 aliphatic carbocycles. The van der Waals surface area contributed by atoms with E-state index in [1.807, 2.05) is 24.3 Å². The predicted molar refractivity (Wildman–Crippen MR) is 53.8 cm³/mol. The number of ether oxygens (including phenoxy) is 1. The van der Waals surface area contributed by atoms with E-state index in [-0.39, 0.29) is 0 Å². The SMILES string of the molecule is [B]c1cc2cccc(OC)c2s1. The Kier molecular flexibility index (Phi) is 1.81. The highest BCUT2D eigenvalue weighted by molar-refractivity contribution is 7.26. The molecule has 1 nitrogen and oxygen atoms in total. The second-order valence-corrected chi connectivity index (χ2v) is 3.61. The van der Waals surface area contributed by atoms with Gasteiger partial charge in [-0.25, -0.2) is 0 Å². The van der Waals surface area contributed by atoms with Gasteiger partial charge in [-0.05, 0) is 16.2 Å². The van der Waals surface area contributed by atoms with Gasteiger partial charge in [-0.15, -0.1) is 11.3 Å². The number of hydrogen-bond acceptors (Lipinski definition) is 2. The molecule has 0 atom stereocenters. The highest BCUT2D eigenvalue weighted by atomic mass is 32.1. The minimum Gasteiger partial charge on any atom is -0.495 e. The summed E-state index contributed by atoms with van der Waals surface area (Å²) in [5.74, 6) is 0.897. The summed E-state index contributed by atoms with van der Waals surface area (Å²) in [5.41, 5.74) is 0. The number of thiophene rings is 1. The van der Waals surface area contributed by atoms with E-state index in [1.54, 1.807) is 18.4 Å². The number of hydrogen-bond donors (Lipinski definition) is 0. The lowest BCUT2D eigenvalue weighted by Gasteiger charge is -1.98. The fraction of sp³-hybridized carbons (Fsp3) is 0.111. The van der Waals surface area contributed by atoms with Crippen molar-refractivity contribution in [2.24, 2.45) is 0 Å². The first-order chi connectivity index (χ1) is 5.81. The van der Waals surface area contributed by atoms with Gasteiger partial charge in [-0.1, -0.05) is 18.2 Å². The van der Waals surface area contributed by atoms with Crippen molar-refractivity contribution in [2.45, 2.75) is 0 Å². The molecular formula is C9H7BOS. The van der Waals surface area contributed by atoms with Crippen LogP contribution in [0.15, 0.2) is 24.3 Å². The Hall–Kier alpha value is -0.955. The highest BCUT2D eigenvalue weighted by Gasteiger charge is 2.02. The van der Waals surface area contributed by atoms with Crippen molar-refractivity contribution < 1.29 is 4.74 Å². The minimum absolute atomic E-state index is 0.828. The fourth-order valence-electron chi connectivity index (χ4n) is 1.22. The largest absolute Gasteiger partial charge is 0.495 e. The van der Waals surface area contributed by atoms with E-state index in [4.69, 9.17) is 12.6 Å². The van der Waals surface area contributed by atoms with Crippen LogP contribution in [-0.4, -0.2) is 15.0 Å². The first-order valence-corrected chi connectivity index (χ1v) is 4.45. The molecule has 0 aliphatic heterocycles. The minimum atomic E-state index is 0.828. The van der Waals surface area contributed by atoms with Gasteiger partial charge in [0.05, 0.1) is 11.8 Å². The van der Waals surface area contributed by atoms with Gasteiger partial charge in [0.2, 0.25) is 0 Å². The Labute approximate surface area is 76.4 Å². The molecule has 0 fully saturated rings. The third-order valence-electron chi connectivity index (χ3n) is 1.75. The fourth-order valence-corrected chi connectivity index (χ4v) is 2.14. The summed E-state index contributed by atoms with van der Waals surface area (Å²) < 4.78 is 7.15. The molecule has 12 heavy (non-hydrogen) atoms. The lowest BCUT2D eigenvalue weighted by atomic mass is 10.1. The number of methoxy groups -OCH3 is 1. The third-order valence-corrected chi connectivity index (χ3v) is 2.74. The van der Waals surface area contributed by atoms with Gasteiger partial charge in [-0.3, -0.25) is 0 Å². The van der Waals surface area contributed by atoms with Crippen molar-refractivity contribution in [1.82, 2.24) is 0 Å². The van der Waals surface area contributed by atoms with Gasteiger partial charge in [0.1, 0.15) is 13.6 Å². The van der Waals surface area contributed by atoms with Gasteiger partial charge in [0.15, 0.2) is 0 Å². The van der Waals surface area contributed by atoms with Crippen LogP contribution in [0.3, 0.4) is 0 Å². The van der Waals surface area contributed by atoms with Crippen molar-refractivity contribution in [3.8, 4) is 5.75 Å². The second-order valence-electron chi connectivity index (χ2n) is 2.53. The first kappa shape index (κ1) is 7.68. The van der Waals surface area contributed by atoms with E-state index in [1.165, 1.54) is 0 Å². The second kappa shape index (κ2) is 2.83. The molecule has 1 aromatic heterocycles. The molecule has 0 spiro atoms. The molecule has 0 saturated heterocycles. The standard InChI is InChI=1S/C9H7BOS/c1-11-7-4-2-3-6-5-8(10)12-9(6)7/h2-5H,1H3. The zero-order chi connectivity index (χ0) is 8.55. The Morgan fingerprint density at radius 2 is 2.25 bits per heavy atom. The number of rotatable bonds is 1. The Bertz CT molecular complexity index is 408. The molecular weight excluding hydrogens is 167 g/mol. The number of benzene rings is 1. The number of fused-ring (bicyclic) bond motifs is 1. The summed E-state index contributed by atoms with van der Waals surface area (Å²) in [6.45, 7) is 0. The van der Waals surface area contributed by atoms with Crippen LogP contribution in [0.4, 0.5) is 0 Å². The molecule has 0 aliphatic rings. The van der Waals surface area contributed by atoms with Crippen LogP contribution in [0.2, 0.25) is 0 Å². The summed E-state index contributed by atoms with van der Waals surface area (Å²) in [7, 11) is 7.35. The summed E-state index contributed by atoms with van der Waals surface area (Å²) in [6.07, 6.45) is 0. The smallest absolute Gasteiger partial charge is 0.136 e. The van der Waals surface area contributed by atoms with Gasteiger partial charge in [0, 0.05) is 0 Å². The molecule has 1 aromatic carbocycles. The molecule has 0 bridgehead atoms. The zero-order valence-corrected chi connectivity index (χ0v) is 7.52. The topological polar surface area (TPSA) is 9.23 Å². The lowest BCUT2D eigenvalue weighted by Crippen LogP contribution is -1.88. The monoisotopic (exact) mass is 174 g/mol. The third kappa shape index (κ3) is 1.10. The van der Waals surface area contributed by atoms with E-state index in [0.29, 0.717) is 0 Å². The van der Waals surface area contributed by atoms with E-state index in [0.717, 1.165) is 20.6 Å². The van der Waals surface area contributed by atoms with E-state index in [2.05, 4.69) is 0 Å². The van der Waals surface area contributed by atoms with Crippen LogP contribution in [0.25, 0.3) is 10.1 Å². The molecule has 2 radical (unpaired) electrons.